The monoisotopic (exact) mass is 463 g/mol. The van der Waals surface area contributed by atoms with E-state index in [0.29, 0.717) is 56.9 Å². The van der Waals surface area contributed by atoms with E-state index in [0.717, 1.165) is 11.3 Å². The Kier molecular flexibility index (Phi) is 6.31. The van der Waals surface area contributed by atoms with E-state index in [-0.39, 0.29) is 16.0 Å². The molecule has 1 aromatic carbocycles. The van der Waals surface area contributed by atoms with Gasteiger partial charge in [0.1, 0.15) is 16.0 Å². The molecule has 3 heterocycles. The van der Waals surface area contributed by atoms with Gasteiger partial charge in [-0.05, 0) is 48.6 Å². The molecule has 2 aromatic rings. The molecule has 2 aliphatic rings. The van der Waals surface area contributed by atoms with E-state index < -0.39 is 16.1 Å². The van der Waals surface area contributed by atoms with Crippen LogP contribution in [0.1, 0.15) is 23.2 Å². The highest BCUT2D eigenvalue weighted by molar-refractivity contribution is 7.91. The van der Waals surface area contributed by atoms with Gasteiger partial charge in [-0.1, -0.05) is 6.07 Å². The summed E-state index contributed by atoms with van der Waals surface area (Å²) in [4.78, 5) is 29.3. The van der Waals surface area contributed by atoms with Crippen molar-refractivity contribution in [3.8, 4) is 5.75 Å². The second-order valence-electron chi connectivity index (χ2n) is 7.55. The van der Waals surface area contributed by atoms with Crippen molar-refractivity contribution in [3.05, 3.63) is 47.3 Å². The van der Waals surface area contributed by atoms with Gasteiger partial charge in [-0.3, -0.25) is 9.59 Å². The van der Waals surface area contributed by atoms with E-state index in [2.05, 4.69) is 0 Å². The predicted molar refractivity (Wildman–Crippen MR) is 117 cm³/mol. The molecule has 1 atom stereocenters. The van der Waals surface area contributed by atoms with E-state index in [1.807, 2.05) is 0 Å². The quantitative estimate of drug-likeness (QED) is 0.676. The zero-order valence-electron chi connectivity index (χ0n) is 17.3. The lowest BCUT2D eigenvalue weighted by Crippen LogP contribution is -2.55. The molecule has 0 saturated carbocycles. The highest BCUT2D eigenvalue weighted by Crippen LogP contribution is 2.29. The highest BCUT2D eigenvalue weighted by atomic mass is 32.2. The van der Waals surface area contributed by atoms with Crippen LogP contribution in [0.25, 0.3) is 0 Å². The van der Waals surface area contributed by atoms with Crippen molar-refractivity contribution in [2.45, 2.75) is 23.1 Å². The van der Waals surface area contributed by atoms with Crippen LogP contribution in [0.3, 0.4) is 0 Å². The molecule has 8 nitrogen and oxygen atoms in total. The zero-order chi connectivity index (χ0) is 22.0. The van der Waals surface area contributed by atoms with Crippen LogP contribution in [-0.2, 0) is 14.8 Å². The van der Waals surface area contributed by atoms with Gasteiger partial charge in [-0.15, -0.1) is 11.3 Å². The summed E-state index contributed by atoms with van der Waals surface area (Å²) < 4.78 is 32.6. The molecule has 1 unspecified atom stereocenters. The van der Waals surface area contributed by atoms with Crippen molar-refractivity contribution >= 4 is 33.2 Å². The van der Waals surface area contributed by atoms with E-state index in [9.17, 15) is 18.0 Å². The number of hydrogen-bond acceptors (Lipinski definition) is 6. The molecule has 2 aliphatic heterocycles. The standard InChI is InChI=1S/C21H25N3O5S2/c1-29-17-8-6-16(7-9-17)20(25)22-11-13-23(14-12-22)21(26)18-4-2-10-24(18)31(27,28)19-5-3-15-30-19/h3,5-9,15,18H,2,4,10-14H2,1H3. The number of nitrogens with zero attached hydrogens (tertiary/aromatic N) is 3. The average molecular weight is 464 g/mol. The van der Waals surface area contributed by atoms with Crippen molar-refractivity contribution in [3.63, 3.8) is 0 Å². The van der Waals surface area contributed by atoms with Crippen LogP contribution >= 0.6 is 11.3 Å². The lowest BCUT2D eigenvalue weighted by molar-refractivity contribution is -0.136. The molecule has 2 saturated heterocycles. The minimum Gasteiger partial charge on any atom is -0.497 e. The molecule has 31 heavy (non-hydrogen) atoms. The smallest absolute Gasteiger partial charge is 0.253 e. The van der Waals surface area contributed by atoms with Crippen LogP contribution in [-0.4, -0.2) is 80.2 Å². The minimum atomic E-state index is -3.66. The number of carbonyl (C=O) groups is 2. The van der Waals surface area contributed by atoms with Crippen molar-refractivity contribution in [1.29, 1.82) is 0 Å². The maximum atomic E-state index is 13.1. The fraction of sp³-hybridized carbons (Fsp3) is 0.429. The lowest BCUT2D eigenvalue weighted by Gasteiger charge is -2.37. The summed E-state index contributed by atoms with van der Waals surface area (Å²) in [6.45, 7) is 1.97. The van der Waals surface area contributed by atoms with Crippen molar-refractivity contribution in [2.75, 3.05) is 39.8 Å². The molecule has 166 valence electrons. The minimum absolute atomic E-state index is 0.0856. The third-order valence-corrected chi connectivity index (χ3v) is 9.04. The number of sulfonamides is 1. The van der Waals surface area contributed by atoms with E-state index in [1.165, 1.54) is 4.31 Å². The van der Waals surface area contributed by atoms with Gasteiger partial charge in [0.15, 0.2) is 0 Å². The Morgan fingerprint density at radius 2 is 1.68 bits per heavy atom. The summed E-state index contributed by atoms with van der Waals surface area (Å²) in [5, 5.41) is 1.72. The normalized spacial score (nSPS) is 20.1. The van der Waals surface area contributed by atoms with Crippen molar-refractivity contribution in [2.24, 2.45) is 0 Å². The molecule has 0 spiro atoms. The summed E-state index contributed by atoms with van der Waals surface area (Å²) in [6.07, 6.45) is 1.19. The van der Waals surface area contributed by atoms with Crippen LogP contribution in [0.2, 0.25) is 0 Å². The molecule has 10 heteroatoms. The molecule has 1 aromatic heterocycles. The molecular weight excluding hydrogens is 438 g/mol. The van der Waals surface area contributed by atoms with Crippen LogP contribution < -0.4 is 4.74 Å². The maximum Gasteiger partial charge on any atom is 0.253 e. The molecule has 0 bridgehead atoms. The Hall–Kier alpha value is -2.43. The van der Waals surface area contributed by atoms with Gasteiger partial charge < -0.3 is 14.5 Å². The summed E-state index contributed by atoms with van der Waals surface area (Å²) in [5.41, 5.74) is 0.574. The van der Waals surface area contributed by atoms with Gasteiger partial charge in [0.25, 0.3) is 15.9 Å². The fourth-order valence-corrected chi connectivity index (χ4v) is 6.83. The number of benzene rings is 1. The van der Waals surface area contributed by atoms with E-state index in [1.54, 1.807) is 58.7 Å². The number of piperazine rings is 1. The topological polar surface area (TPSA) is 87.2 Å². The van der Waals surface area contributed by atoms with Gasteiger partial charge in [0, 0.05) is 38.3 Å². The number of ether oxygens (including phenoxy) is 1. The van der Waals surface area contributed by atoms with E-state index >= 15 is 0 Å². The SMILES string of the molecule is COc1ccc(C(=O)N2CCN(C(=O)C3CCCN3S(=O)(=O)c3cccs3)CC2)cc1. The Bertz CT molecular complexity index is 1030. The maximum absolute atomic E-state index is 13.1. The van der Waals surface area contributed by atoms with Gasteiger partial charge in [-0.25, -0.2) is 8.42 Å². The largest absolute Gasteiger partial charge is 0.497 e. The number of hydrogen-bond donors (Lipinski definition) is 0. The number of rotatable bonds is 5. The molecule has 2 amide bonds. The number of methoxy groups -OCH3 is 1. The Morgan fingerprint density at radius 1 is 1.00 bits per heavy atom. The second-order valence-corrected chi connectivity index (χ2v) is 10.6. The highest BCUT2D eigenvalue weighted by Gasteiger charge is 2.42. The summed E-state index contributed by atoms with van der Waals surface area (Å²) in [5.74, 6) is 0.428. The van der Waals surface area contributed by atoms with Gasteiger partial charge in [-0.2, -0.15) is 4.31 Å². The Morgan fingerprint density at radius 3 is 2.29 bits per heavy atom. The predicted octanol–water partition coefficient (Wildman–Crippen LogP) is 1.89. The molecule has 0 aliphatic carbocycles. The van der Waals surface area contributed by atoms with E-state index in [4.69, 9.17) is 4.74 Å². The van der Waals surface area contributed by atoms with Crippen LogP contribution in [0.4, 0.5) is 0 Å². The molecule has 2 fully saturated rings. The lowest BCUT2D eigenvalue weighted by atomic mass is 10.1. The summed E-state index contributed by atoms with van der Waals surface area (Å²) in [7, 11) is -2.09. The van der Waals surface area contributed by atoms with Crippen LogP contribution in [0.5, 0.6) is 5.75 Å². The first kappa shape index (κ1) is 21.8. The third kappa shape index (κ3) is 4.32. The second kappa shape index (κ2) is 8.97. The molecule has 0 radical (unpaired) electrons. The van der Waals surface area contributed by atoms with Crippen LogP contribution in [0, 0.1) is 0 Å². The Balaban J connectivity index is 1.39. The zero-order valence-corrected chi connectivity index (χ0v) is 18.9. The van der Waals surface area contributed by atoms with Crippen LogP contribution in [0.15, 0.2) is 46.0 Å². The first-order valence-electron chi connectivity index (χ1n) is 10.2. The average Bonchev–Trinajstić information content (AvgIpc) is 3.51. The molecule has 0 N–H and O–H groups in total. The van der Waals surface area contributed by atoms with Gasteiger partial charge in [0.05, 0.1) is 7.11 Å². The number of thiophene rings is 1. The van der Waals surface area contributed by atoms with Gasteiger partial charge in [0.2, 0.25) is 5.91 Å². The number of carbonyl (C=O) groups excluding carboxylic acids is 2. The summed E-state index contributed by atoms with van der Waals surface area (Å²) >= 11 is 1.16. The molecular formula is C21H25N3O5S2. The third-order valence-electron chi connectivity index (χ3n) is 5.76. The first-order valence-corrected chi connectivity index (χ1v) is 12.5. The van der Waals surface area contributed by atoms with Crippen molar-refractivity contribution < 1.29 is 22.7 Å². The van der Waals surface area contributed by atoms with Crippen molar-refractivity contribution in [1.82, 2.24) is 14.1 Å². The number of amides is 2. The fourth-order valence-electron chi connectivity index (χ4n) is 4.06. The Labute approximate surface area is 186 Å². The van der Waals surface area contributed by atoms with Gasteiger partial charge >= 0.3 is 0 Å². The molecule has 4 rings (SSSR count). The summed E-state index contributed by atoms with van der Waals surface area (Å²) in [6, 6.07) is 9.55. The first-order chi connectivity index (χ1) is 14.9.